The first kappa shape index (κ1) is 37.1. The van der Waals surface area contributed by atoms with Gasteiger partial charge in [0.25, 0.3) is 17.7 Å². The van der Waals surface area contributed by atoms with Gasteiger partial charge in [-0.25, -0.2) is 16.3 Å². The van der Waals surface area contributed by atoms with Crippen LogP contribution in [-0.2, 0) is 35.2 Å². The summed E-state index contributed by atoms with van der Waals surface area (Å²) in [4.78, 5) is 87.5. The number of amides is 6. The van der Waals surface area contributed by atoms with E-state index in [0.29, 0.717) is 45.2 Å². The van der Waals surface area contributed by atoms with Crippen LogP contribution in [0.3, 0.4) is 0 Å². The molecule has 50 heavy (non-hydrogen) atoms. The number of likely N-dealkylation sites (N-methyl/N-ethyl adjacent to an activating group) is 2. The molecule has 0 bridgehead atoms. The van der Waals surface area contributed by atoms with Crippen molar-refractivity contribution in [2.45, 2.75) is 95.1 Å². The van der Waals surface area contributed by atoms with Gasteiger partial charge < -0.3 is 20.2 Å². The SMILES string of the molecule is CCC(C)C1NC(=O)CN(C)C(=O)C2CCCNN2C(=O)C(Cc2ccccc2)N(C)C(=O)C2CC(O)CNN2C(=O)C2CCCNN2C1=O. The lowest BCUT2D eigenvalue weighted by molar-refractivity contribution is -0.167. The number of hydrazine groups is 3. The summed E-state index contributed by atoms with van der Waals surface area (Å²) in [5, 5.41) is 17.2. The Kier molecular flexibility index (Phi) is 12.1. The molecule has 4 heterocycles. The van der Waals surface area contributed by atoms with Gasteiger partial charge in [-0.1, -0.05) is 50.6 Å². The Labute approximate surface area is 292 Å². The van der Waals surface area contributed by atoms with Crippen molar-refractivity contribution in [2.24, 2.45) is 5.92 Å². The average Bonchev–Trinajstić information content (AvgIpc) is 3.14. The predicted molar refractivity (Wildman–Crippen MR) is 181 cm³/mol. The molecule has 274 valence electrons. The second kappa shape index (κ2) is 16.3. The monoisotopic (exact) mass is 697 g/mol. The van der Waals surface area contributed by atoms with E-state index in [4.69, 9.17) is 0 Å². The van der Waals surface area contributed by atoms with Gasteiger partial charge in [0.1, 0.15) is 30.2 Å². The molecule has 7 unspecified atom stereocenters. The molecular weight excluding hydrogens is 646 g/mol. The first-order valence-corrected chi connectivity index (χ1v) is 17.7. The summed E-state index contributed by atoms with van der Waals surface area (Å²) >= 11 is 0. The van der Waals surface area contributed by atoms with Crippen LogP contribution < -0.4 is 21.6 Å². The van der Waals surface area contributed by atoms with Gasteiger partial charge in [-0.3, -0.25) is 43.8 Å². The summed E-state index contributed by atoms with van der Waals surface area (Å²) < 4.78 is 0. The Balaban J connectivity index is 1.59. The average molecular weight is 698 g/mol. The molecule has 0 radical (unpaired) electrons. The van der Waals surface area contributed by atoms with E-state index in [1.54, 1.807) is 0 Å². The second-order valence-corrected chi connectivity index (χ2v) is 13.8. The van der Waals surface area contributed by atoms with Crippen molar-refractivity contribution >= 4 is 35.4 Å². The summed E-state index contributed by atoms with van der Waals surface area (Å²) in [5.74, 6) is -3.49. The van der Waals surface area contributed by atoms with Crippen LogP contribution in [0.4, 0.5) is 0 Å². The van der Waals surface area contributed by atoms with Crippen LogP contribution in [0.5, 0.6) is 0 Å². The number of carbonyl (C=O) groups excluding carboxylic acids is 6. The Morgan fingerprint density at radius 2 is 1.38 bits per heavy atom. The van der Waals surface area contributed by atoms with Gasteiger partial charge in [-0.15, -0.1) is 0 Å². The minimum atomic E-state index is -1.21. The number of hydrogen-bond donors (Lipinski definition) is 5. The van der Waals surface area contributed by atoms with E-state index in [0.717, 1.165) is 5.56 Å². The van der Waals surface area contributed by atoms with E-state index in [1.807, 2.05) is 44.2 Å². The van der Waals surface area contributed by atoms with E-state index in [2.05, 4.69) is 21.6 Å². The van der Waals surface area contributed by atoms with Crippen LogP contribution in [-0.4, -0.2) is 142 Å². The molecule has 7 atom stereocenters. The minimum Gasteiger partial charge on any atom is -0.392 e. The molecule has 5 N–H and O–H groups in total. The van der Waals surface area contributed by atoms with Crippen LogP contribution in [0, 0.1) is 5.92 Å². The summed E-state index contributed by atoms with van der Waals surface area (Å²) in [6.45, 7) is 4.19. The van der Waals surface area contributed by atoms with E-state index in [9.17, 15) is 33.9 Å². The molecule has 4 aliphatic heterocycles. The molecule has 0 saturated carbocycles. The van der Waals surface area contributed by atoms with Gasteiger partial charge in [0.15, 0.2) is 0 Å². The maximum absolute atomic E-state index is 14.5. The second-order valence-electron chi connectivity index (χ2n) is 13.8. The largest absolute Gasteiger partial charge is 0.392 e. The van der Waals surface area contributed by atoms with Gasteiger partial charge in [0, 0.05) is 46.6 Å². The van der Waals surface area contributed by atoms with Gasteiger partial charge in [-0.05, 0) is 37.2 Å². The third-order valence-electron chi connectivity index (χ3n) is 10.3. The normalized spacial score (nSPS) is 30.2. The van der Waals surface area contributed by atoms with Crippen molar-refractivity contribution in [1.82, 2.24) is 46.4 Å². The van der Waals surface area contributed by atoms with Gasteiger partial charge >= 0.3 is 0 Å². The summed E-state index contributed by atoms with van der Waals surface area (Å²) in [6, 6.07) is 3.88. The number of β-amino-alcohol motifs (C(OH)–C–C–N with tert-alkyl or cyclic N) is 1. The minimum absolute atomic E-state index is 0.000260. The number of rotatable bonds is 4. The number of hydrogen-bond acceptors (Lipinski definition) is 10. The molecule has 0 aromatic heterocycles. The van der Waals surface area contributed by atoms with Crippen molar-refractivity contribution in [3.8, 4) is 0 Å². The topological polar surface area (TPSA) is 187 Å². The molecule has 1 aromatic carbocycles. The molecule has 16 nitrogen and oxygen atoms in total. The molecule has 1 aromatic rings. The fourth-order valence-corrected chi connectivity index (χ4v) is 7.14. The Morgan fingerprint density at radius 3 is 2.02 bits per heavy atom. The molecule has 0 aliphatic carbocycles. The first-order valence-electron chi connectivity index (χ1n) is 17.7. The van der Waals surface area contributed by atoms with Crippen LogP contribution in [0.25, 0.3) is 0 Å². The smallest absolute Gasteiger partial charge is 0.261 e. The molecule has 4 aliphatic rings. The van der Waals surface area contributed by atoms with Gasteiger partial charge in [0.2, 0.25) is 17.7 Å². The quantitative estimate of drug-likeness (QED) is 0.248. The summed E-state index contributed by atoms with van der Waals surface area (Å²) in [5.41, 5.74) is 9.80. The maximum atomic E-state index is 14.5. The lowest BCUT2D eigenvalue weighted by Crippen LogP contribution is -2.70. The highest BCUT2D eigenvalue weighted by atomic mass is 16.3. The maximum Gasteiger partial charge on any atom is 0.261 e. The van der Waals surface area contributed by atoms with Gasteiger partial charge in [0.05, 0.1) is 12.6 Å². The highest BCUT2D eigenvalue weighted by molar-refractivity contribution is 5.97. The van der Waals surface area contributed by atoms with Crippen LogP contribution in [0.2, 0.25) is 0 Å². The van der Waals surface area contributed by atoms with E-state index in [-0.39, 0.29) is 31.8 Å². The first-order chi connectivity index (χ1) is 23.9. The highest BCUT2D eigenvalue weighted by Gasteiger charge is 2.47. The molecule has 4 saturated heterocycles. The molecule has 4 fully saturated rings. The fraction of sp³-hybridized carbons (Fsp3) is 0.647. The number of aliphatic hydroxyl groups excluding tert-OH is 1. The van der Waals surface area contributed by atoms with Crippen LogP contribution in [0.1, 0.15) is 57.9 Å². The van der Waals surface area contributed by atoms with Crippen LogP contribution in [0.15, 0.2) is 30.3 Å². The van der Waals surface area contributed by atoms with Crippen molar-refractivity contribution < 1.29 is 33.9 Å². The van der Waals surface area contributed by atoms with Gasteiger partial charge in [-0.2, -0.15) is 0 Å². The van der Waals surface area contributed by atoms with Crippen molar-refractivity contribution in [1.29, 1.82) is 0 Å². The van der Waals surface area contributed by atoms with E-state index >= 15 is 0 Å². The zero-order valence-corrected chi connectivity index (χ0v) is 29.3. The fourth-order valence-electron chi connectivity index (χ4n) is 7.14. The highest BCUT2D eigenvalue weighted by Crippen LogP contribution is 2.24. The number of benzene rings is 1. The Hall–Kier alpha value is -4.12. The summed E-state index contributed by atoms with van der Waals surface area (Å²) in [7, 11) is 2.97. The summed E-state index contributed by atoms with van der Waals surface area (Å²) in [6.07, 6.45) is 1.39. The standard InChI is InChI=1S/C34H51N9O7/c1-5-21(2)29-34(50)42-25(14-10-16-36-42)32(48)43-27(18-23(44)19-37-43)31(47)40(4)26(17-22-11-7-6-8-12-22)33(49)41-24(13-9-15-35-41)30(46)39(3)20-28(45)38-29/h6-8,11-12,21,23-27,29,35-37,44H,5,9-10,13-20H2,1-4H3,(H,38,45). The molecule has 0 spiro atoms. The Morgan fingerprint density at radius 1 is 0.780 bits per heavy atom. The third kappa shape index (κ3) is 7.93. The van der Waals surface area contributed by atoms with E-state index < -0.39 is 71.8 Å². The number of nitrogens with zero attached hydrogens (tertiary/aromatic N) is 5. The van der Waals surface area contributed by atoms with Crippen LogP contribution >= 0.6 is 0 Å². The predicted octanol–water partition coefficient (Wildman–Crippen LogP) is -1.48. The lowest BCUT2D eigenvalue weighted by atomic mass is 9.95. The van der Waals surface area contributed by atoms with Crippen molar-refractivity contribution in [3.63, 3.8) is 0 Å². The zero-order chi connectivity index (χ0) is 36.1. The molecule has 16 heteroatoms. The zero-order valence-electron chi connectivity index (χ0n) is 29.3. The third-order valence-corrected chi connectivity index (χ3v) is 10.3. The Bertz CT molecular complexity index is 1430. The molecule has 6 amide bonds. The van der Waals surface area contributed by atoms with Crippen molar-refractivity contribution in [3.05, 3.63) is 35.9 Å². The molecular formula is C34H51N9O7. The number of carbonyl (C=O) groups is 6. The number of aliphatic hydroxyl groups is 1. The lowest BCUT2D eigenvalue weighted by Gasteiger charge is -2.45. The number of fused-ring (bicyclic) bond motifs is 3. The van der Waals surface area contributed by atoms with E-state index in [1.165, 1.54) is 38.9 Å². The molecule has 5 rings (SSSR count). The van der Waals surface area contributed by atoms with Crippen molar-refractivity contribution in [2.75, 3.05) is 40.3 Å². The number of nitrogens with one attached hydrogen (secondary N) is 4.